The standard InChI is InChI=1S/C15H16N6O/c22-14-10-13(12-2-5-16-6-3-12)19-15(20-14)18-4-1-8-21-9-7-17-11-21/h2-3,5-7,9-11H,1,4,8H2,(H2,18,19,20,22). The minimum absolute atomic E-state index is 0.275. The number of H-pyrrole nitrogens is 1. The van der Waals surface area contributed by atoms with E-state index in [0.29, 0.717) is 12.5 Å². The Balaban J connectivity index is 1.64. The summed E-state index contributed by atoms with van der Waals surface area (Å²) in [7, 11) is 0. The van der Waals surface area contributed by atoms with Crippen molar-refractivity contribution in [3.63, 3.8) is 0 Å². The summed E-state index contributed by atoms with van der Waals surface area (Å²) in [5.74, 6) is 0.477. The van der Waals surface area contributed by atoms with Gasteiger partial charge in [0.25, 0.3) is 5.56 Å². The van der Waals surface area contributed by atoms with Gasteiger partial charge in [0.1, 0.15) is 0 Å². The lowest BCUT2D eigenvalue weighted by molar-refractivity contribution is 0.659. The van der Waals surface area contributed by atoms with Crippen LogP contribution in [0.1, 0.15) is 6.42 Å². The molecule has 3 aromatic rings. The minimum Gasteiger partial charge on any atom is -0.356 e. The summed E-state index contributed by atoms with van der Waals surface area (Å²) in [4.78, 5) is 26.7. The van der Waals surface area contributed by atoms with Crippen LogP contribution in [0.5, 0.6) is 0 Å². The summed E-state index contributed by atoms with van der Waals surface area (Å²) in [6, 6.07) is 5.16. The number of aromatic amines is 1. The third-order valence-corrected chi connectivity index (χ3v) is 3.18. The van der Waals surface area contributed by atoms with Crippen LogP contribution in [0.4, 0.5) is 5.95 Å². The normalized spacial score (nSPS) is 10.5. The number of imidazole rings is 1. The molecule has 3 heterocycles. The van der Waals surface area contributed by atoms with E-state index in [-0.39, 0.29) is 5.56 Å². The number of aryl methyl sites for hydroxylation is 1. The Morgan fingerprint density at radius 1 is 1.18 bits per heavy atom. The fourth-order valence-electron chi connectivity index (χ4n) is 2.12. The number of anilines is 1. The Hall–Kier alpha value is -2.96. The van der Waals surface area contributed by atoms with Crippen LogP contribution in [0.3, 0.4) is 0 Å². The van der Waals surface area contributed by atoms with Crippen LogP contribution in [0.15, 0.2) is 54.1 Å². The summed E-state index contributed by atoms with van der Waals surface area (Å²) < 4.78 is 2.01. The van der Waals surface area contributed by atoms with Crippen LogP contribution < -0.4 is 10.9 Å². The van der Waals surface area contributed by atoms with Crippen LogP contribution in [0.25, 0.3) is 11.3 Å². The van der Waals surface area contributed by atoms with Gasteiger partial charge in [-0.1, -0.05) is 0 Å². The van der Waals surface area contributed by atoms with Crippen molar-refractivity contribution in [1.82, 2.24) is 24.5 Å². The SMILES string of the molecule is O=c1cc(-c2ccncc2)[nH]c(NCCCn2ccnc2)n1. The maximum Gasteiger partial charge on any atom is 0.275 e. The number of hydrogen-bond donors (Lipinski definition) is 2. The van der Waals surface area contributed by atoms with Crippen LogP contribution >= 0.6 is 0 Å². The molecule has 0 aromatic carbocycles. The summed E-state index contributed by atoms with van der Waals surface area (Å²) >= 11 is 0. The Labute approximate surface area is 127 Å². The lowest BCUT2D eigenvalue weighted by Gasteiger charge is -2.08. The molecule has 7 nitrogen and oxygen atoms in total. The summed E-state index contributed by atoms with van der Waals surface area (Å²) in [6.07, 6.45) is 9.73. The van der Waals surface area contributed by atoms with Gasteiger partial charge < -0.3 is 14.9 Å². The second-order valence-electron chi connectivity index (χ2n) is 4.80. The van der Waals surface area contributed by atoms with Gasteiger partial charge in [0.2, 0.25) is 5.95 Å². The number of rotatable bonds is 6. The number of aromatic nitrogens is 5. The largest absolute Gasteiger partial charge is 0.356 e. The molecule has 0 saturated heterocycles. The van der Waals surface area contributed by atoms with Crippen molar-refractivity contribution in [2.45, 2.75) is 13.0 Å². The molecule has 2 N–H and O–H groups in total. The number of nitrogens with zero attached hydrogens (tertiary/aromatic N) is 4. The second kappa shape index (κ2) is 6.66. The lowest BCUT2D eigenvalue weighted by Crippen LogP contribution is -2.14. The molecule has 0 saturated carbocycles. The predicted octanol–water partition coefficient (Wildman–Crippen LogP) is 1.53. The molecule has 0 radical (unpaired) electrons. The van der Waals surface area contributed by atoms with Crippen molar-refractivity contribution in [3.05, 3.63) is 59.7 Å². The zero-order valence-electron chi connectivity index (χ0n) is 11.9. The van der Waals surface area contributed by atoms with E-state index >= 15 is 0 Å². The highest BCUT2D eigenvalue weighted by atomic mass is 16.1. The molecule has 0 fully saturated rings. The first-order valence-corrected chi connectivity index (χ1v) is 7.03. The van der Waals surface area contributed by atoms with E-state index in [1.54, 1.807) is 24.9 Å². The van der Waals surface area contributed by atoms with Crippen LogP contribution in [0.2, 0.25) is 0 Å². The topological polar surface area (TPSA) is 88.5 Å². The van der Waals surface area contributed by atoms with E-state index in [0.717, 1.165) is 24.2 Å². The van der Waals surface area contributed by atoms with Gasteiger partial charge >= 0.3 is 0 Å². The average molecular weight is 296 g/mol. The van der Waals surface area contributed by atoms with E-state index in [9.17, 15) is 4.79 Å². The quantitative estimate of drug-likeness (QED) is 0.673. The van der Waals surface area contributed by atoms with E-state index in [1.807, 2.05) is 22.9 Å². The Kier molecular flexibility index (Phi) is 4.24. The Bertz CT molecular complexity index is 766. The maximum absolute atomic E-state index is 11.7. The first-order valence-electron chi connectivity index (χ1n) is 7.03. The van der Waals surface area contributed by atoms with E-state index < -0.39 is 0 Å². The third kappa shape index (κ3) is 3.57. The number of pyridine rings is 1. The van der Waals surface area contributed by atoms with Crippen molar-refractivity contribution < 1.29 is 0 Å². The molecule has 0 atom stereocenters. The van der Waals surface area contributed by atoms with Crippen LogP contribution in [-0.2, 0) is 6.54 Å². The summed E-state index contributed by atoms with van der Waals surface area (Å²) in [5.41, 5.74) is 1.35. The monoisotopic (exact) mass is 296 g/mol. The van der Waals surface area contributed by atoms with Gasteiger partial charge in [-0.05, 0) is 18.6 Å². The maximum atomic E-state index is 11.7. The minimum atomic E-state index is -0.275. The average Bonchev–Trinajstić information content (AvgIpc) is 3.05. The van der Waals surface area contributed by atoms with Gasteiger partial charge in [-0.25, -0.2) is 4.98 Å². The van der Waals surface area contributed by atoms with Gasteiger partial charge in [0.15, 0.2) is 0 Å². The van der Waals surface area contributed by atoms with Crippen LogP contribution in [-0.4, -0.2) is 31.0 Å². The molecule has 112 valence electrons. The molecule has 3 aromatic heterocycles. The molecule has 0 aliphatic heterocycles. The lowest BCUT2D eigenvalue weighted by atomic mass is 10.2. The van der Waals surface area contributed by atoms with Crippen molar-refractivity contribution in [3.8, 4) is 11.3 Å². The zero-order chi connectivity index (χ0) is 15.2. The highest BCUT2D eigenvalue weighted by Crippen LogP contribution is 2.14. The van der Waals surface area contributed by atoms with Gasteiger partial charge in [0, 0.05) is 49.5 Å². The Morgan fingerprint density at radius 3 is 2.82 bits per heavy atom. The molecule has 0 spiro atoms. The first kappa shape index (κ1) is 14.0. The van der Waals surface area contributed by atoms with E-state index in [4.69, 9.17) is 0 Å². The molecule has 22 heavy (non-hydrogen) atoms. The fourth-order valence-corrected chi connectivity index (χ4v) is 2.12. The molecule has 0 bridgehead atoms. The molecule has 0 amide bonds. The smallest absolute Gasteiger partial charge is 0.275 e. The highest BCUT2D eigenvalue weighted by molar-refractivity contribution is 5.58. The molecule has 3 rings (SSSR count). The first-order chi connectivity index (χ1) is 10.8. The molecule has 7 heteroatoms. The number of nitrogens with one attached hydrogen (secondary N) is 2. The van der Waals surface area contributed by atoms with Crippen molar-refractivity contribution in [2.75, 3.05) is 11.9 Å². The van der Waals surface area contributed by atoms with Gasteiger partial charge in [-0.3, -0.25) is 9.78 Å². The van der Waals surface area contributed by atoms with Crippen LogP contribution in [0, 0.1) is 0 Å². The van der Waals surface area contributed by atoms with E-state index in [1.165, 1.54) is 6.07 Å². The van der Waals surface area contributed by atoms with E-state index in [2.05, 4.69) is 25.3 Å². The third-order valence-electron chi connectivity index (χ3n) is 3.18. The van der Waals surface area contributed by atoms with Gasteiger partial charge in [0.05, 0.1) is 12.0 Å². The van der Waals surface area contributed by atoms with Crippen molar-refractivity contribution in [2.24, 2.45) is 0 Å². The molecule has 0 aliphatic rings. The van der Waals surface area contributed by atoms with Crippen molar-refractivity contribution >= 4 is 5.95 Å². The second-order valence-corrected chi connectivity index (χ2v) is 4.80. The summed E-state index contributed by atoms with van der Waals surface area (Å²) in [6.45, 7) is 1.57. The molecule has 0 aliphatic carbocycles. The molecular weight excluding hydrogens is 280 g/mol. The predicted molar refractivity (Wildman–Crippen MR) is 83.4 cm³/mol. The number of hydrogen-bond acceptors (Lipinski definition) is 5. The fraction of sp³-hybridized carbons (Fsp3) is 0.200. The van der Waals surface area contributed by atoms with Gasteiger partial charge in [-0.15, -0.1) is 0 Å². The van der Waals surface area contributed by atoms with Crippen molar-refractivity contribution in [1.29, 1.82) is 0 Å². The summed E-state index contributed by atoms with van der Waals surface area (Å²) in [5, 5.41) is 3.14. The zero-order valence-corrected chi connectivity index (χ0v) is 11.9. The molecule has 0 unspecified atom stereocenters. The van der Waals surface area contributed by atoms with Gasteiger partial charge in [-0.2, -0.15) is 4.98 Å². The molecular formula is C15H16N6O. The Morgan fingerprint density at radius 2 is 2.05 bits per heavy atom. The highest BCUT2D eigenvalue weighted by Gasteiger charge is 2.03.